The van der Waals surface area contributed by atoms with Gasteiger partial charge >= 0.3 is 0 Å². The Hall–Kier alpha value is -3.32. The second kappa shape index (κ2) is 7.92. The summed E-state index contributed by atoms with van der Waals surface area (Å²) >= 11 is 0. The summed E-state index contributed by atoms with van der Waals surface area (Å²) in [5.74, 6) is 0. The van der Waals surface area contributed by atoms with Crippen LogP contribution < -0.4 is 4.90 Å². The number of nitrogens with zero attached hydrogens (tertiary/aromatic N) is 1. The van der Waals surface area contributed by atoms with Gasteiger partial charge in [-0.1, -0.05) is 85.0 Å². The standard InChI is InChI=1S/C32H31N/c1-23-10-14-25(15-11-23)33(26-16-12-24(2)13-17-26)27-18-19-29-28-8-4-5-9-30(28)32(31(29)22-27)20-6-3-7-21-32/h4-5,8-19,22H,3,6-7,20-21H2,1-2H3. The number of hydrogen-bond acceptors (Lipinski definition) is 1. The third-order valence-electron chi connectivity index (χ3n) is 7.80. The molecule has 1 saturated carbocycles. The number of anilines is 3. The molecule has 0 amide bonds. The second-order valence-corrected chi connectivity index (χ2v) is 9.92. The molecule has 1 nitrogen and oxygen atoms in total. The van der Waals surface area contributed by atoms with Gasteiger partial charge in [-0.25, -0.2) is 0 Å². The molecule has 2 aliphatic carbocycles. The van der Waals surface area contributed by atoms with Gasteiger partial charge in [0.1, 0.15) is 0 Å². The predicted molar refractivity (Wildman–Crippen MR) is 140 cm³/mol. The van der Waals surface area contributed by atoms with Gasteiger partial charge in [0.05, 0.1) is 0 Å². The van der Waals surface area contributed by atoms with Gasteiger partial charge in [-0.3, -0.25) is 0 Å². The predicted octanol–water partition coefficient (Wildman–Crippen LogP) is 9.00. The molecule has 0 radical (unpaired) electrons. The zero-order valence-electron chi connectivity index (χ0n) is 19.6. The minimum absolute atomic E-state index is 0.173. The molecule has 4 aromatic rings. The van der Waals surface area contributed by atoms with Gasteiger partial charge in [0.25, 0.3) is 0 Å². The van der Waals surface area contributed by atoms with Crippen molar-refractivity contribution >= 4 is 17.1 Å². The van der Waals surface area contributed by atoms with Crippen LogP contribution in [0.2, 0.25) is 0 Å². The smallest absolute Gasteiger partial charge is 0.0465 e. The summed E-state index contributed by atoms with van der Waals surface area (Å²) in [6.07, 6.45) is 6.51. The van der Waals surface area contributed by atoms with Gasteiger partial charge in [-0.15, -0.1) is 0 Å². The fourth-order valence-corrected chi connectivity index (χ4v) is 6.11. The Bertz CT molecular complexity index is 1250. The first-order valence-corrected chi connectivity index (χ1v) is 12.3. The van der Waals surface area contributed by atoms with Crippen LogP contribution in [0.25, 0.3) is 11.1 Å². The lowest BCUT2D eigenvalue weighted by molar-refractivity contribution is 0.353. The zero-order valence-corrected chi connectivity index (χ0v) is 19.6. The molecule has 0 saturated heterocycles. The van der Waals surface area contributed by atoms with Crippen molar-refractivity contribution in [2.75, 3.05) is 4.90 Å². The Labute approximate surface area is 197 Å². The quantitative estimate of drug-likeness (QED) is 0.314. The lowest BCUT2D eigenvalue weighted by Crippen LogP contribution is -2.28. The molecule has 33 heavy (non-hydrogen) atoms. The summed E-state index contributed by atoms with van der Waals surface area (Å²) in [5.41, 5.74) is 12.4. The molecule has 0 bridgehead atoms. The van der Waals surface area contributed by atoms with Gasteiger partial charge in [-0.2, -0.15) is 0 Å². The van der Waals surface area contributed by atoms with Crippen molar-refractivity contribution in [3.8, 4) is 11.1 Å². The SMILES string of the molecule is Cc1ccc(N(c2ccc(C)cc2)c2ccc3c(c2)C2(CCCCC2)c2ccccc2-3)cc1. The number of fused-ring (bicyclic) bond motifs is 5. The van der Waals surface area contributed by atoms with Crippen molar-refractivity contribution in [1.29, 1.82) is 0 Å². The van der Waals surface area contributed by atoms with Crippen molar-refractivity contribution in [3.05, 3.63) is 113 Å². The van der Waals surface area contributed by atoms with Crippen LogP contribution in [0.1, 0.15) is 54.4 Å². The minimum Gasteiger partial charge on any atom is -0.310 e. The number of rotatable bonds is 3. The van der Waals surface area contributed by atoms with Crippen LogP contribution in [-0.4, -0.2) is 0 Å². The second-order valence-electron chi connectivity index (χ2n) is 9.92. The van der Waals surface area contributed by atoms with E-state index in [4.69, 9.17) is 0 Å². The Balaban J connectivity index is 1.54. The normalized spacial score (nSPS) is 15.8. The van der Waals surface area contributed by atoms with E-state index in [1.165, 1.54) is 77.0 Å². The molecule has 2 aliphatic rings. The van der Waals surface area contributed by atoms with Crippen LogP contribution in [0.4, 0.5) is 17.1 Å². The minimum atomic E-state index is 0.173. The average molecular weight is 430 g/mol. The largest absolute Gasteiger partial charge is 0.310 e. The lowest BCUT2D eigenvalue weighted by atomic mass is 9.68. The van der Waals surface area contributed by atoms with Crippen LogP contribution in [0, 0.1) is 13.8 Å². The molecule has 0 unspecified atom stereocenters. The molecule has 1 spiro atoms. The molecule has 1 fully saturated rings. The molecule has 0 N–H and O–H groups in total. The lowest BCUT2D eigenvalue weighted by Gasteiger charge is -2.36. The molecule has 0 aromatic heterocycles. The van der Waals surface area contributed by atoms with Crippen LogP contribution >= 0.6 is 0 Å². The molecular formula is C32H31N. The first-order chi connectivity index (χ1) is 16.2. The van der Waals surface area contributed by atoms with E-state index in [-0.39, 0.29) is 5.41 Å². The summed E-state index contributed by atoms with van der Waals surface area (Å²) in [6, 6.07) is 34.2. The number of hydrogen-bond donors (Lipinski definition) is 0. The van der Waals surface area contributed by atoms with Crippen LogP contribution in [0.3, 0.4) is 0 Å². The molecular weight excluding hydrogens is 398 g/mol. The Morgan fingerprint density at radius 2 is 1.09 bits per heavy atom. The maximum atomic E-state index is 2.50. The van der Waals surface area contributed by atoms with Crippen LogP contribution in [0.15, 0.2) is 91.0 Å². The average Bonchev–Trinajstić information content (AvgIpc) is 3.11. The van der Waals surface area contributed by atoms with Gasteiger partial charge in [-0.05, 0) is 85.3 Å². The van der Waals surface area contributed by atoms with E-state index in [1.807, 2.05) is 0 Å². The fraction of sp³-hybridized carbons (Fsp3) is 0.250. The van der Waals surface area contributed by atoms with E-state index in [0.29, 0.717) is 0 Å². The maximum Gasteiger partial charge on any atom is 0.0465 e. The van der Waals surface area contributed by atoms with Crippen molar-refractivity contribution < 1.29 is 0 Å². The monoisotopic (exact) mass is 429 g/mol. The highest BCUT2D eigenvalue weighted by Gasteiger charge is 2.43. The molecule has 164 valence electrons. The van der Waals surface area contributed by atoms with Crippen LogP contribution in [-0.2, 0) is 5.41 Å². The summed E-state index contributed by atoms with van der Waals surface area (Å²) in [6.45, 7) is 4.30. The topological polar surface area (TPSA) is 3.24 Å². The summed E-state index contributed by atoms with van der Waals surface area (Å²) in [5, 5.41) is 0. The third kappa shape index (κ3) is 3.30. The summed E-state index contributed by atoms with van der Waals surface area (Å²) in [4.78, 5) is 2.42. The fourth-order valence-electron chi connectivity index (χ4n) is 6.11. The first kappa shape index (κ1) is 20.3. The zero-order chi connectivity index (χ0) is 22.4. The van der Waals surface area contributed by atoms with Gasteiger partial charge < -0.3 is 4.90 Å². The van der Waals surface area contributed by atoms with Gasteiger partial charge in [0.2, 0.25) is 0 Å². The number of aryl methyl sites for hydroxylation is 2. The van der Waals surface area contributed by atoms with E-state index in [1.54, 1.807) is 5.56 Å². The van der Waals surface area contributed by atoms with Crippen LogP contribution in [0.5, 0.6) is 0 Å². The molecule has 6 rings (SSSR count). The first-order valence-electron chi connectivity index (χ1n) is 12.3. The molecule has 0 aliphatic heterocycles. The Kier molecular flexibility index (Phi) is 4.87. The highest BCUT2D eigenvalue weighted by atomic mass is 15.1. The molecule has 4 aromatic carbocycles. The third-order valence-corrected chi connectivity index (χ3v) is 7.80. The summed E-state index contributed by atoms with van der Waals surface area (Å²) < 4.78 is 0. The highest BCUT2D eigenvalue weighted by molar-refractivity contribution is 5.85. The Morgan fingerprint density at radius 1 is 0.545 bits per heavy atom. The summed E-state index contributed by atoms with van der Waals surface area (Å²) in [7, 11) is 0. The van der Waals surface area contributed by atoms with E-state index in [2.05, 4.69) is 110 Å². The van der Waals surface area contributed by atoms with E-state index in [0.717, 1.165) is 0 Å². The van der Waals surface area contributed by atoms with Crippen molar-refractivity contribution in [3.63, 3.8) is 0 Å². The van der Waals surface area contributed by atoms with Crippen molar-refractivity contribution in [2.45, 2.75) is 51.4 Å². The van der Waals surface area contributed by atoms with Gasteiger partial charge in [0.15, 0.2) is 0 Å². The van der Waals surface area contributed by atoms with Gasteiger partial charge in [0, 0.05) is 22.5 Å². The highest BCUT2D eigenvalue weighted by Crippen LogP contribution is 2.56. The maximum absolute atomic E-state index is 2.50. The molecule has 0 heterocycles. The van der Waals surface area contributed by atoms with Crippen molar-refractivity contribution in [2.24, 2.45) is 0 Å². The Morgan fingerprint density at radius 3 is 1.73 bits per heavy atom. The molecule has 1 heteroatoms. The number of benzene rings is 4. The van der Waals surface area contributed by atoms with E-state index < -0.39 is 0 Å². The molecule has 0 atom stereocenters. The van der Waals surface area contributed by atoms with E-state index >= 15 is 0 Å². The van der Waals surface area contributed by atoms with Crippen molar-refractivity contribution in [1.82, 2.24) is 0 Å². The van der Waals surface area contributed by atoms with E-state index in [9.17, 15) is 0 Å².